The van der Waals surface area contributed by atoms with Crippen LogP contribution in [0.1, 0.15) is 30.1 Å². The Morgan fingerprint density at radius 3 is 2.64 bits per heavy atom. The predicted molar refractivity (Wildman–Crippen MR) is 85.6 cm³/mol. The molecule has 2 aromatic rings. The second kappa shape index (κ2) is 6.51. The quantitative estimate of drug-likeness (QED) is 0.911. The van der Waals surface area contributed by atoms with E-state index in [1.165, 1.54) is 11.9 Å². The highest BCUT2D eigenvalue weighted by Gasteiger charge is 2.37. The molecule has 1 saturated heterocycles. The van der Waals surface area contributed by atoms with Gasteiger partial charge in [0.25, 0.3) is 0 Å². The summed E-state index contributed by atoms with van der Waals surface area (Å²) in [6, 6.07) is 0.173. The van der Waals surface area contributed by atoms with Crippen molar-refractivity contribution in [3.8, 4) is 0 Å². The Morgan fingerprint density at radius 1 is 1.32 bits per heavy atom. The van der Waals surface area contributed by atoms with Crippen molar-refractivity contribution >= 4 is 17.5 Å². The van der Waals surface area contributed by atoms with Crippen LogP contribution in [0.3, 0.4) is 0 Å². The van der Waals surface area contributed by atoms with Gasteiger partial charge in [-0.2, -0.15) is 23.3 Å². The van der Waals surface area contributed by atoms with Crippen molar-refractivity contribution in [1.29, 1.82) is 0 Å². The molecule has 3 heterocycles. The minimum absolute atomic E-state index is 0.173. The summed E-state index contributed by atoms with van der Waals surface area (Å²) in [5.41, 5.74) is 5.70. The molecule has 1 fully saturated rings. The summed E-state index contributed by atoms with van der Waals surface area (Å²) in [7, 11) is 1.51. The third-order valence-electron chi connectivity index (χ3n) is 4.23. The molecule has 25 heavy (non-hydrogen) atoms. The van der Waals surface area contributed by atoms with Gasteiger partial charge >= 0.3 is 6.18 Å². The van der Waals surface area contributed by atoms with Crippen molar-refractivity contribution < 1.29 is 17.9 Å². The van der Waals surface area contributed by atoms with Crippen molar-refractivity contribution in [2.45, 2.75) is 32.0 Å². The summed E-state index contributed by atoms with van der Waals surface area (Å²) in [5, 5.41) is 4.46. The average Bonchev–Trinajstić information content (AvgIpc) is 2.95. The second-order valence-corrected chi connectivity index (χ2v) is 5.95. The van der Waals surface area contributed by atoms with E-state index in [9.17, 15) is 13.2 Å². The number of nitrogen functional groups attached to an aromatic ring is 1. The van der Waals surface area contributed by atoms with Gasteiger partial charge in [-0.05, 0) is 19.8 Å². The number of aromatic nitrogens is 4. The molecule has 3 rings (SSSR count). The number of alkyl halides is 3. The molecule has 7 nitrogen and oxygen atoms in total. The zero-order valence-corrected chi connectivity index (χ0v) is 13.9. The van der Waals surface area contributed by atoms with E-state index in [1.807, 2.05) is 0 Å². The number of ether oxygens (including phenoxy) is 1. The molecule has 0 atom stereocenters. The first-order valence-electron chi connectivity index (χ1n) is 7.84. The molecule has 2 N–H and O–H groups in total. The zero-order valence-electron chi connectivity index (χ0n) is 13.9. The van der Waals surface area contributed by atoms with Crippen molar-refractivity contribution in [3.05, 3.63) is 23.7 Å². The van der Waals surface area contributed by atoms with E-state index in [2.05, 4.69) is 15.1 Å². The fourth-order valence-electron chi connectivity index (χ4n) is 2.89. The van der Waals surface area contributed by atoms with Gasteiger partial charge in [0, 0.05) is 32.7 Å². The summed E-state index contributed by atoms with van der Waals surface area (Å²) < 4.78 is 46.9. The Balaban J connectivity index is 1.97. The van der Waals surface area contributed by atoms with Gasteiger partial charge < -0.3 is 15.4 Å². The largest absolute Gasteiger partial charge is 0.421 e. The molecule has 2 aromatic heterocycles. The SMILES string of the molecule is Cc1nn(C2CCOCC2)cc1N(C)c1nc(N)ncc1C(F)(F)F. The first kappa shape index (κ1) is 17.5. The van der Waals surface area contributed by atoms with Gasteiger partial charge in [-0.3, -0.25) is 4.68 Å². The Kier molecular flexibility index (Phi) is 4.55. The number of anilines is 3. The molecule has 136 valence electrons. The number of hydrogen-bond donors (Lipinski definition) is 1. The van der Waals surface area contributed by atoms with Crippen LogP contribution in [0.2, 0.25) is 0 Å². The van der Waals surface area contributed by atoms with Gasteiger partial charge in [0.1, 0.15) is 5.56 Å². The lowest BCUT2D eigenvalue weighted by atomic mass is 10.1. The van der Waals surface area contributed by atoms with E-state index in [-0.39, 0.29) is 17.8 Å². The van der Waals surface area contributed by atoms with Crippen molar-refractivity contribution in [3.63, 3.8) is 0 Å². The van der Waals surface area contributed by atoms with Crippen LogP contribution in [0.4, 0.5) is 30.6 Å². The number of rotatable bonds is 3. The highest BCUT2D eigenvalue weighted by molar-refractivity contribution is 5.64. The smallest absolute Gasteiger partial charge is 0.381 e. The standard InChI is InChI=1S/C15H19F3N6O/c1-9-12(8-24(22-9)10-3-5-25-6-4-10)23(2)13-11(15(16,17)18)7-20-14(19)21-13/h7-8,10H,3-6H2,1-2H3,(H2,19,20,21). The van der Waals surface area contributed by atoms with E-state index in [0.29, 0.717) is 30.8 Å². The highest BCUT2D eigenvalue weighted by atomic mass is 19.4. The van der Waals surface area contributed by atoms with Crippen molar-refractivity contribution in [2.75, 3.05) is 30.9 Å². The highest BCUT2D eigenvalue weighted by Crippen LogP contribution is 2.38. The van der Waals surface area contributed by atoms with Crippen molar-refractivity contribution in [2.24, 2.45) is 0 Å². The monoisotopic (exact) mass is 356 g/mol. The van der Waals surface area contributed by atoms with Crippen LogP contribution in [0, 0.1) is 6.92 Å². The first-order valence-corrected chi connectivity index (χ1v) is 7.84. The molecular formula is C15H19F3N6O. The van der Waals surface area contributed by atoms with Crippen LogP contribution < -0.4 is 10.6 Å². The van der Waals surface area contributed by atoms with Gasteiger partial charge in [0.05, 0.1) is 17.4 Å². The average molecular weight is 356 g/mol. The van der Waals surface area contributed by atoms with E-state index in [0.717, 1.165) is 12.8 Å². The second-order valence-electron chi connectivity index (χ2n) is 5.95. The molecule has 0 bridgehead atoms. The molecule has 0 radical (unpaired) electrons. The van der Waals surface area contributed by atoms with Gasteiger partial charge in [-0.1, -0.05) is 0 Å². The van der Waals surface area contributed by atoms with E-state index in [4.69, 9.17) is 10.5 Å². The third-order valence-corrected chi connectivity index (χ3v) is 4.23. The first-order chi connectivity index (χ1) is 11.8. The molecule has 0 aliphatic carbocycles. The number of hydrogen-bond acceptors (Lipinski definition) is 6. The Bertz CT molecular complexity index is 754. The maximum Gasteiger partial charge on any atom is 0.421 e. The number of halogens is 3. The topological polar surface area (TPSA) is 82.1 Å². The lowest BCUT2D eigenvalue weighted by Crippen LogP contribution is -2.20. The Morgan fingerprint density at radius 2 is 2.00 bits per heavy atom. The summed E-state index contributed by atoms with van der Waals surface area (Å²) in [6.07, 6.45) is -0.505. The fourth-order valence-corrected chi connectivity index (χ4v) is 2.89. The van der Waals surface area contributed by atoms with Crippen LogP contribution >= 0.6 is 0 Å². The van der Waals surface area contributed by atoms with Gasteiger partial charge in [0.2, 0.25) is 5.95 Å². The van der Waals surface area contributed by atoms with Crippen LogP contribution in [-0.4, -0.2) is 40.0 Å². The minimum atomic E-state index is -4.58. The molecule has 0 saturated carbocycles. The minimum Gasteiger partial charge on any atom is -0.381 e. The molecule has 1 aliphatic heterocycles. The number of nitrogens with two attached hydrogens (primary N) is 1. The molecule has 0 unspecified atom stereocenters. The number of aryl methyl sites for hydroxylation is 1. The van der Waals surface area contributed by atoms with Gasteiger partial charge in [-0.15, -0.1) is 0 Å². The van der Waals surface area contributed by atoms with E-state index in [1.54, 1.807) is 17.8 Å². The van der Waals surface area contributed by atoms with Gasteiger partial charge in [-0.25, -0.2) is 4.98 Å². The molecule has 1 aliphatic rings. The van der Waals surface area contributed by atoms with E-state index >= 15 is 0 Å². The van der Waals surface area contributed by atoms with Crippen LogP contribution in [0.5, 0.6) is 0 Å². The number of nitrogens with zero attached hydrogens (tertiary/aromatic N) is 5. The fraction of sp³-hybridized carbons (Fsp3) is 0.533. The summed E-state index contributed by atoms with van der Waals surface area (Å²) in [4.78, 5) is 8.61. The van der Waals surface area contributed by atoms with Crippen LogP contribution in [0.25, 0.3) is 0 Å². The van der Waals surface area contributed by atoms with Crippen LogP contribution in [0.15, 0.2) is 12.4 Å². The lowest BCUT2D eigenvalue weighted by molar-refractivity contribution is -0.137. The molecule has 0 spiro atoms. The summed E-state index contributed by atoms with van der Waals surface area (Å²) in [6.45, 7) is 3.05. The molecule has 0 amide bonds. The molecular weight excluding hydrogens is 337 g/mol. The molecule has 0 aromatic carbocycles. The lowest BCUT2D eigenvalue weighted by Gasteiger charge is -2.23. The van der Waals surface area contributed by atoms with Crippen molar-refractivity contribution in [1.82, 2.24) is 19.7 Å². The maximum absolute atomic E-state index is 13.3. The van der Waals surface area contributed by atoms with Crippen LogP contribution in [-0.2, 0) is 10.9 Å². The third kappa shape index (κ3) is 3.53. The van der Waals surface area contributed by atoms with E-state index < -0.39 is 11.7 Å². The predicted octanol–water partition coefficient (Wildman–Crippen LogP) is 2.70. The Hall–Kier alpha value is -2.36. The molecule has 10 heteroatoms. The zero-order chi connectivity index (χ0) is 18.2. The summed E-state index contributed by atoms with van der Waals surface area (Å²) in [5.74, 6) is -0.515. The van der Waals surface area contributed by atoms with Gasteiger partial charge in [0.15, 0.2) is 5.82 Å². The normalized spacial score (nSPS) is 16.2. The Labute approximate surface area is 142 Å². The summed E-state index contributed by atoms with van der Waals surface area (Å²) >= 11 is 0. The maximum atomic E-state index is 13.3.